The molecular formula is C41H53N3O5. The number of nitrogens with zero attached hydrogens (tertiary/aromatic N) is 1. The number of carbonyl (C=O) groups is 1. The predicted octanol–water partition coefficient (Wildman–Crippen LogP) is 6.12. The average Bonchev–Trinajstić information content (AvgIpc) is 3.14. The first-order valence-corrected chi connectivity index (χ1v) is 18.1. The van der Waals surface area contributed by atoms with Crippen LogP contribution in [0.4, 0.5) is 0 Å². The van der Waals surface area contributed by atoms with E-state index in [2.05, 4.69) is 15.2 Å². The van der Waals surface area contributed by atoms with Gasteiger partial charge in [0.1, 0.15) is 5.41 Å². The van der Waals surface area contributed by atoms with Crippen LogP contribution in [-0.2, 0) is 14.9 Å². The van der Waals surface area contributed by atoms with Crippen LogP contribution in [0.5, 0.6) is 0 Å². The zero-order chi connectivity index (χ0) is 34.3. The second-order valence-electron chi connectivity index (χ2n) is 13.5. The minimum Gasteiger partial charge on any atom is -0.464 e. The summed E-state index contributed by atoms with van der Waals surface area (Å²) < 4.78 is 5.95. The first-order chi connectivity index (χ1) is 24.0. The van der Waals surface area contributed by atoms with Gasteiger partial charge in [0.25, 0.3) is 0 Å². The highest BCUT2D eigenvalue weighted by Gasteiger charge is 2.43. The number of H-pyrrole nitrogens is 1. The number of pyridine rings is 1. The highest BCUT2D eigenvalue weighted by molar-refractivity contribution is 5.88. The van der Waals surface area contributed by atoms with E-state index in [1.54, 1.807) is 0 Å². The number of likely N-dealkylation sites (tertiary alicyclic amines) is 1. The number of ether oxygens (including phenoxy) is 1. The zero-order valence-electron chi connectivity index (χ0n) is 28.7. The van der Waals surface area contributed by atoms with Crippen molar-refractivity contribution < 1.29 is 19.7 Å². The number of esters is 1. The lowest BCUT2D eigenvalue weighted by molar-refractivity contribution is -0.152. The fourth-order valence-electron chi connectivity index (χ4n) is 7.11. The SMILES string of the molecule is O=C(OCC1CCN(CCCCCCCCCNC[C@H](O)c2cc(=O)[nH]c3ccccc23)CC1)C(CO)(c1ccccc1)c1ccccc1. The third kappa shape index (κ3) is 9.88. The molecule has 0 unspecified atom stereocenters. The molecule has 262 valence electrons. The van der Waals surface area contributed by atoms with E-state index in [9.17, 15) is 19.8 Å². The molecule has 8 heteroatoms. The molecule has 1 fully saturated rings. The summed E-state index contributed by atoms with van der Waals surface area (Å²) in [4.78, 5) is 31.0. The molecule has 1 atom stereocenters. The van der Waals surface area contributed by atoms with E-state index in [4.69, 9.17) is 4.74 Å². The zero-order valence-corrected chi connectivity index (χ0v) is 28.7. The Labute approximate surface area is 290 Å². The summed E-state index contributed by atoms with van der Waals surface area (Å²) in [7, 11) is 0. The maximum atomic E-state index is 13.6. The van der Waals surface area contributed by atoms with Crippen molar-refractivity contribution >= 4 is 16.9 Å². The minimum absolute atomic E-state index is 0.192. The first-order valence-electron chi connectivity index (χ1n) is 18.1. The third-order valence-electron chi connectivity index (χ3n) is 10.1. The van der Waals surface area contributed by atoms with Crippen molar-refractivity contribution in [1.29, 1.82) is 0 Å². The quantitative estimate of drug-likeness (QED) is 0.0704. The maximum Gasteiger partial charge on any atom is 0.323 e. The topological polar surface area (TPSA) is 115 Å². The van der Waals surface area contributed by atoms with Crippen LogP contribution in [0.25, 0.3) is 10.9 Å². The number of fused-ring (bicyclic) bond motifs is 1. The fourth-order valence-corrected chi connectivity index (χ4v) is 7.11. The molecule has 0 amide bonds. The number of nitrogens with one attached hydrogen (secondary N) is 2. The van der Waals surface area contributed by atoms with Crippen LogP contribution in [0.15, 0.2) is 95.8 Å². The summed E-state index contributed by atoms with van der Waals surface area (Å²) >= 11 is 0. The Morgan fingerprint density at radius 2 is 1.45 bits per heavy atom. The Hall–Kier alpha value is -3.82. The molecule has 4 aromatic rings. The van der Waals surface area contributed by atoms with Crippen molar-refractivity contribution in [3.05, 3.63) is 118 Å². The van der Waals surface area contributed by atoms with Crippen molar-refractivity contribution in [3.63, 3.8) is 0 Å². The van der Waals surface area contributed by atoms with Gasteiger partial charge in [0.2, 0.25) is 5.56 Å². The van der Waals surface area contributed by atoms with Crippen LogP contribution in [0.1, 0.15) is 80.6 Å². The third-order valence-corrected chi connectivity index (χ3v) is 10.1. The van der Waals surface area contributed by atoms with Gasteiger partial charge in [-0.2, -0.15) is 0 Å². The van der Waals surface area contributed by atoms with Crippen molar-refractivity contribution in [2.24, 2.45) is 5.92 Å². The molecule has 0 aliphatic carbocycles. The summed E-state index contributed by atoms with van der Waals surface area (Å²) in [6.07, 6.45) is 9.74. The molecule has 3 aromatic carbocycles. The van der Waals surface area contributed by atoms with Crippen molar-refractivity contribution in [1.82, 2.24) is 15.2 Å². The van der Waals surface area contributed by atoms with Gasteiger partial charge >= 0.3 is 5.97 Å². The molecule has 0 bridgehead atoms. The van der Waals surface area contributed by atoms with Gasteiger partial charge in [-0.3, -0.25) is 9.59 Å². The number of carbonyl (C=O) groups excluding carboxylic acids is 1. The van der Waals surface area contributed by atoms with Gasteiger partial charge < -0.3 is 30.2 Å². The summed E-state index contributed by atoms with van der Waals surface area (Å²) in [6, 6.07) is 28.0. The second-order valence-corrected chi connectivity index (χ2v) is 13.5. The van der Waals surface area contributed by atoms with Gasteiger partial charge in [0.05, 0.1) is 19.3 Å². The number of piperidine rings is 1. The number of aliphatic hydroxyl groups is 2. The highest BCUT2D eigenvalue weighted by atomic mass is 16.5. The molecule has 0 saturated carbocycles. The largest absolute Gasteiger partial charge is 0.464 e. The second kappa shape index (κ2) is 18.8. The lowest BCUT2D eigenvalue weighted by Gasteiger charge is -2.34. The number of aromatic amines is 1. The smallest absolute Gasteiger partial charge is 0.323 e. The molecule has 1 aromatic heterocycles. The molecule has 0 spiro atoms. The Kier molecular flexibility index (Phi) is 14.0. The van der Waals surface area contributed by atoms with Gasteiger partial charge in [-0.1, -0.05) is 111 Å². The molecule has 5 rings (SSSR count). The summed E-state index contributed by atoms with van der Waals surface area (Å²) in [6.45, 7) is 4.51. The van der Waals surface area contributed by atoms with E-state index in [1.807, 2.05) is 84.9 Å². The van der Waals surface area contributed by atoms with Crippen LogP contribution in [-0.4, -0.2) is 72.0 Å². The maximum absolute atomic E-state index is 13.6. The van der Waals surface area contributed by atoms with E-state index in [-0.39, 0.29) is 18.1 Å². The van der Waals surface area contributed by atoms with Crippen molar-refractivity contribution in [3.8, 4) is 0 Å². The molecule has 49 heavy (non-hydrogen) atoms. The average molecular weight is 668 g/mol. The van der Waals surface area contributed by atoms with Gasteiger partial charge in [-0.15, -0.1) is 0 Å². The van der Waals surface area contributed by atoms with Gasteiger partial charge in [-0.25, -0.2) is 0 Å². The standard InChI is InChI=1S/C41H53N3O5/c45-31-41(33-16-8-6-9-17-33,34-18-10-7-11-19-34)40(48)49-30-32-22-26-44(27-23-32)25-15-5-3-1-2-4-14-24-42-29-38(46)36-28-39(47)43-37-21-13-12-20-35(36)37/h6-13,16-21,28,32,38,42,45-46H,1-5,14-15,22-27,29-31H2,(H,43,47)/t38-/m0/s1. The molecule has 0 radical (unpaired) electrons. The summed E-state index contributed by atoms with van der Waals surface area (Å²) in [5.41, 5.74) is 1.48. The Balaban J connectivity index is 0.909. The van der Waals surface area contributed by atoms with Crippen LogP contribution in [0.2, 0.25) is 0 Å². The van der Waals surface area contributed by atoms with Crippen LogP contribution in [0, 0.1) is 5.92 Å². The lowest BCUT2D eigenvalue weighted by atomic mass is 9.75. The van der Waals surface area contributed by atoms with Crippen LogP contribution in [0.3, 0.4) is 0 Å². The number of hydrogen-bond donors (Lipinski definition) is 4. The number of aliphatic hydroxyl groups excluding tert-OH is 2. The van der Waals surface area contributed by atoms with E-state index in [0.29, 0.717) is 24.6 Å². The summed E-state index contributed by atoms with van der Waals surface area (Å²) in [5, 5.41) is 25.5. The summed E-state index contributed by atoms with van der Waals surface area (Å²) in [5.74, 6) is -0.0518. The van der Waals surface area contributed by atoms with Crippen molar-refractivity contribution in [2.45, 2.75) is 69.3 Å². The molecule has 1 aliphatic heterocycles. The number of hydrogen-bond acceptors (Lipinski definition) is 7. The Morgan fingerprint density at radius 3 is 2.10 bits per heavy atom. The molecule has 2 heterocycles. The monoisotopic (exact) mass is 667 g/mol. The number of rotatable bonds is 19. The van der Waals surface area contributed by atoms with Crippen LogP contribution < -0.4 is 10.9 Å². The van der Waals surface area contributed by atoms with Gasteiger partial charge in [0, 0.05) is 23.5 Å². The molecular weight excluding hydrogens is 614 g/mol. The van der Waals surface area contributed by atoms with Crippen LogP contribution >= 0.6 is 0 Å². The molecule has 1 saturated heterocycles. The minimum atomic E-state index is -1.23. The van der Waals surface area contributed by atoms with E-state index < -0.39 is 11.5 Å². The lowest BCUT2D eigenvalue weighted by Crippen LogP contribution is -2.43. The number of para-hydroxylation sites is 1. The fraction of sp³-hybridized carbons (Fsp3) is 0.463. The molecule has 8 nitrogen and oxygen atoms in total. The first kappa shape index (κ1) is 36.5. The van der Waals surface area contributed by atoms with E-state index in [1.165, 1.54) is 44.6 Å². The van der Waals surface area contributed by atoms with Crippen molar-refractivity contribution in [2.75, 3.05) is 45.9 Å². The number of unbranched alkanes of at least 4 members (excludes halogenated alkanes) is 6. The molecule has 1 aliphatic rings. The van der Waals surface area contributed by atoms with E-state index >= 15 is 0 Å². The Morgan fingerprint density at radius 1 is 0.857 bits per heavy atom. The number of benzene rings is 3. The van der Waals surface area contributed by atoms with Gasteiger partial charge in [0.15, 0.2) is 0 Å². The number of aromatic nitrogens is 1. The highest BCUT2D eigenvalue weighted by Crippen LogP contribution is 2.34. The van der Waals surface area contributed by atoms with E-state index in [0.717, 1.165) is 67.5 Å². The Bertz CT molecular complexity index is 1580. The molecule has 4 N–H and O–H groups in total. The predicted molar refractivity (Wildman–Crippen MR) is 196 cm³/mol. The normalized spacial score (nSPS) is 15.0. The van der Waals surface area contributed by atoms with Gasteiger partial charge in [-0.05, 0) is 80.5 Å².